The summed E-state index contributed by atoms with van der Waals surface area (Å²) in [6, 6.07) is 0. The summed E-state index contributed by atoms with van der Waals surface area (Å²) in [5.41, 5.74) is 11.7. The number of alkyl halides is 2. The molecule has 0 amide bonds. The van der Waals surface area contributed by atoms with Gasteiger partial charge in [-0.1, -0.05) is 5.21 Å². The lowest BCUT2D eigenvalue weighted by Crippen LogP contribution is -2.30. The molecule has 232 valence electrons. The number of nitrogen functional groups attached to an aromatic ring is 2. The zero-order valence-electron chi connectivity index (χ0n) is 21.8. The van der Waals surface area contributed by atoms with Gasteiger partial charge in [0.25, 0.3) is 5.56 Å². The first kappa shape index (κ1) is 30.7. The van der Waals surface area contributed by atoms with Gasteiger partial charge < -0.3 is 34.0 Å². The van der Waals surface area contributed by atoms with Crippen molar-refractivity contribution in [2.24, 2.45) is 5.92 Å². The highest BCUT2D eigenvalue weighted by atomic mass is 32.2. The highest BCUT2D eigenvalue weighted by Crippen LogP contribution is 2.47. The summed E-state index contributed by atoms with van der Waals surface area (Å²) < 4.78 is 61.2. The van der Waals surface area contributed by atoms with Crippen molar-refractivity contribution in [1.29, 1.82) is 0 Å². The Morgan fingerprint density at radius 2 is 1.95 bits per heavy atom. The van der Waals surface area contributed by atoms with Gasteiger partial charge in [-0.3, -0.25) is 14.3 Å². The van der Waals surface area contributed by atoms with E-state index in [2.05, 4.69) is 57.6 Å². The standard InChI is InChI=1S/C20H25F2N11O6P2S2/c21-9-6(7(2-35-40)38-18(9)33-15-11(30-31-33)14(23)25-4-26-15)1-36-41-37-3-8-10(22)13(39-42)19(43-8)32-5-27-12-16(32)28-20(24)29-17(12)34/h4-10,13,18-19,41-42H,1-3,40H2,(H2,23,25,26)(H3,24,28,29,34)/t6-,7-,8-,9+,10+,13-,18-,19-/m1/s1. The fourth-order valence-electron chi connectivity index (χ4n) is 4.96. The second-order valence-electron chi connectivity index (χ2n) is 9.53. The van der Waals surface area contributed by atoms with Gasteiger partial charge in [0.15, 0.2) is 49.6 Å². The van der Waals surface area contributed by atoms with E-state index in [1.807, 2.05) is 0 Å². The molecule has 0 aromatic carbocycles. The maximum Gasteiger partial charge on any atom is 0.280 e. The van der Waals surface area contributed by atoms with Crippen LogP contribution in [0.5, 0.6) is 0 Å². The largest absolute Gasteiger partial charge is 0.382 e. The summed E-state index contributed by atoms with van der Waals surface area (Å²) >= 11 is 5.06. The molecule has 0 radical (unpaired) electrons. The fraction of sp³-hybridized carbons (Fsp3) is 0.550. The lowest BCUT2D eigenvalue weighted by atomic mass is 10.0. The molecule has 2 aliphatic heterocycles. The molecule has 5 N–H and O–H groups in total. The van der Waals surface area contributed by atoms with E-state index in [9.17, 15) is 4.79 Å². The fourth-order valence-corrected chi connectivity index (χ4v) is 7.63. The molecule has 2 saturated heterocycles. The predicted molar refractivity (Wildman–Crippen MR) is 157 cm³/mol. The third-order valence-corrected chi connectivity index (χ3v) is 9.54. The Morgan fingerprint density at radius 3 is 2.74 bits per heavy atom. The minimum absolute atomic E-state index is 0.0513. The van der Waals surface area contributed by atoms with E-state index in [4.69, 9.17) is 34.0 Å². The number of thioether (sulfide) groups is 1. The molecule has 4 aromatic rings. The van der Waals surface area contributed by atoms with Gasteiger partial charge in [0.05, 0.1) is 37.5 Å². The van der Waals surface area contributed by atoms with Gasteiger partial charge in [-0.15, -0.1) is 16.9 Å². The number of ether oxygens (including phenoxy) is 1. The molecule has 2 unspecified atom stereocenters. The Hall–Kier alpha value is -2.35. The summed E-state index contributed by atoms with van der Waals surface area (Å²) in [6.45, 7) is -0.0687. The van der Waals surface area contributed by atoms with Crippen LogP contribution in [-0.2, 0) is 22.5 Å². The van der Waals surface area contributed by atoms with Crippen molar-refractivity contribution in [3.05, 3.63) is 23.0 Å². The van der Waals surface area contributed by atoms with Gasteiger partial charge in [0.2, 0.25) is 5.95 Å². The quantitative estimate of drug-likeness (QED) is 0.0749. The maximum atomic E-state index is 15.7. The number of hydrogen-bond donors (Lipinski definition) is 4. The van der Waals surface area contributed by atoms with Crippen LogP contribution in [0.2, 0.25) is 0 Å². The summed E-state index contributed by atoms with van der Waals surface area (Å²) in [4.78, 5) is 30.7. The normalized spacial score (nSPS) is 29.6. The highest BCUT2D eigenvalue weighted by Gasteiger charge is 2.48. The van der Waals surface area contributed by atoms with Crippen LogP contribution >= 0.6 is 43.2 Å². The molecule has 2 aliphatic rings. The molecule has 0 bridgehead atoms. The first-order valence-corrected chi connectivity index (χ1v) is 15.1. The van der Waals surface area contributed by atoms with Crippen LogP contribution in [0.1, 0.15) is 11.6 Å². The number of hydrogen-bond acceptors (Lipinski definition) is 16. The van der Waals surface area contributed by atoms with Crippen molar-refractivity contribution in [3.8, 4) is 0 Å². The number of anilines is 2. The highest BCUT2D eigenvalue weighted by molar-refractivity contribution is 8.00. The van der Waals surface area contributed by atoms with Crippen molar-refractivity contribution in [2.75, 3.05) is 31.3 Å². The lowest BCUT2D eigenvalue weighted by molar-refractivity contribution is -0.0400. The van der Waals surface area contributed by atoms with Crippen molar-refractivity contribution in [2.45, 2.75) is 41.4 Å². The summed E-state index contributed by atoms with van der Waals surface area (Å²) in [5, 5.41) is 6.55. The van der Waals surface area contributed by atoms with E-state index in [-0.39, 0.29) is 53.9 Å². The smallest absolute Gasteiger partial charge is 0.280 e. The number of nitrogens with two attached hydrogens (primary N) is 2. The van der Waals surface area contributed by atoms with Gasteiger partial charge in [-0.2, -0.15) is 9.67 Å². The van der Waals surface area contributed by atoms with E-state index in [1.165, 1.54) is 33.7 Å². The average molecular weight is 680 g/mol. The minimum Gasteiger partial charge on any atom is -0.382 e. The molecule has 0 spiro atoms. The van der Waals surface area contributed by atoms with E-state index in [1.54, 1.807) is 0 Å². The summed E-state index contributed by atoms with van der Waals surface area (Å²) in [7, 11) is 1.57. The monoisotopic (exact) mass is 679 g/mol. The number of aromatic nitrogens is 9. The Balaban J connectivity index is 1.06. The number of H-pyrrole nitrogens is 1. The van der Waals surface area contributed by atoms with Crippen LogP contribution in [0, 0.1) is 5.92 Å². The molecule has 4 aromatic heterocycles. The number of nitrogens with zero attached hydrogens (tertiary/aromatic N) is 8. The number of halogens is 2. The zero-order chi connectivity index (χ0) is 30.2. The Bertz CT molecular complexity index is 1650. The zero-order valence-corrected chi connectivity index (χ0v) is 25.6. The van der Waals surface area contributed by atoms with Crippen LogP contribution in [0.15, 0.2) is 17.4 Å². The number of nitrogens with one attached hydrogen (secondary N) is 1. The molecule has 2 fully saturated rings. The number of imidazole rings is 1. The number of thiol groups is 1. The third-order valence-electron chi connectivity index (χ3n) is 7.02. The van der Waals surface area contributed by atoms with Crippen LogP contribution in [0.4, 0.5) is 20.5 Å². The SMILES string of the molecule is Nc1nc2c(ncn2[C@@H]2S[C@H](COPOC[C@H]3[C@H](F)[C@H](n4nnc5c(N)ncnc54)O[C@@H]3COP)[C@H](F)[C@H]2OS)c(=O)[nH]1. The Kier molecular flexibility index (Phi) is 9.23. The van der Waals surface area contributed by atoms with Crippen molar-refractivity contribution >= 4 is 77.3 Å². The van der Waals surface area contributed by atoms with Crippen LogP contribution in [0.25, 0.3) is 22.3 Å². The first-order valence-electron chi connectivity index (χ1n) is 12.6. The van der Waals surface area contributed by atoms with E-state index >= 15 is 8.78 Å². The van der Waals surface area contributed by atoms with Gasteiger partial charge in [-0.05, 0) is 12.9 Å². The lowest BCUT2D eigenvalue weighted by Gasteiger charge is -2.19. The minimum atomic E-state index is -1.56. The van der Waals surface area contributed by atoms with Gasteiger partial charge in [0.1, 0.15) is 24.0 Å². The number of fused-ring (bicyclic) bond motifs is 2. The Morgan fingerprint density at radius 1 is 1.14 bits per heavy atom. The molecule has 6 heterocycles. The van der Waals surface area contributed by atoms with E-state index in [0.717, 1.165) is 0 Å². The number of rotatable bonds is 11. The molecular weight excluding hydrogens is 654 g/mol. The summed E-state index contributed by atoms with van der Waals surface area (Å²) in [6.07, 6.45) is -3.31. The molecule has 23 heteroatoms. The van der Waals surface area contributed by atoms with Crippen LogP contribution < -0.4 is 17.0 Å². The molecule has 10 atom stereocenters. The van der Waals surface area contributed by atoms with Gasteiger partial charge in [0, 0.05) is 15.4 Å². The molecule has 17 nitrogen and oxygen atoms in total. The second kappa shape index (κ2) is 12.9. The molecule has 0 aliphatic carbocycles. The third kappa shape index (κ3) is 5.78. The molecular formula is C20H25F2N11O6P2S2. The average Bonchev–Trinajstić information content (AvgIpc) is 3.74. The summed E-state index contributed by atoms with van der Waals surface area (Å²) in [5.74, 6) is -0.744. The molecule has 0 saturated carbocycles. The predicted octanol–water partition coefficient (Wildman–Crippen LogP) is 0.901. The van der Waals surface area contributed by atoms with Crippen LogP contribution in [-0.4, -0.2) is 94.1 Å². The van der Waals surface area contributed by atoms with E-state index < -0.39 is 61.9 Å². The van der Waals surface area contributed by atoms with E-state index in [0.29, 0.717) is 0 Å². The van der Waals surface area contributed by atoms with Crippen molar-refractivity contribution < 1.29 is 31.3 Å². The molecule has 6 rings (SSSR count). The maximum absolute atomic E-state index is 15.7. The Labute approximate surface area is 254 Å². The van der Waals surface area contributed by atoms with Gasteiger partial charge >= 0.3 is 0 Å². The molecule has 43 heavy (non-hydrogen) atoms. The van der Waals surface area contributed by atoms with Crippen molar-refractivity contribution in [1.82, 2.24) is 44.5 Å². The second-order valence-corrected chi connectivity index (χ2v) is 12.2. The van der Waals surface area contributed by atoms with Gasteiger partial charge in [-0.25, -0.2) is 23.7 Å². The van der Waals surface area contributed by atoms with Crippen molar-refractivity contribution in [3.63, 3.8) is 0 Å². The first-order chi connectivity index (χ1) is 20.8. The number of aromatic amines is 1. The van der Waals surface area contributed by atoms with Crippen LogP contribution in [0.3, 0.4) is 0 Å². The topological polar surface area (TPSA) is 218 Å².